The summed E-state index contributed by atoms with van der Waals surface area (Å²) in [6.07, 6.45) is 0. The Morgan fingerprint density at radius 1 is 1.38 bits per heavy atom. The van der Waals surface area contributed by atoms with Crippen LogP contribution in [0.15, 0.2) is 29.2 Å². The van der Waals surface area contributed by atoms with Crippen LogP contribution in [0.3, 0.4) is 0 Å². The highest BCUT2D eigenvalue weighted by Crippen LogP contribution is 2.16. The van der Waals surface area contributed by atoms with Crippen molar-refractivity contribution >= 4 is 15.9 Å². The zero-order valence-electron chi connectivity index (χ0n) is 12.7. The van der Waals surface area contributed by atoms with Gasteiger partial charge in [0.1, 0.15) is 0 Å². The molecule has 0 aliphatic heterocycles. The van der Waals surface area contributed by atoms with Gasteiger partial charge in [-0.3, -0.25) is 4.79 Å². The number of rotatable bonds is 7. The standard InChI is InChI=1S/C14H23N3O3S/c1-4-17(10-14(18)16-11(2)3)21(19,20)13-7-5-6-12(8-13)9-15/h5-8,11H,4,9-10,15H2,1-3H3,(H,16,18). The fraction of sp³-hybridized carbons (Fsp3) is 0.500. The van der Waals surface area contributed by atoms with Crippen molar-refractivity contribution in [3.05, 3.63) is 29.8 Å². The van der Waals surface area contributed by atoms with Crippen LogP contribution in [-0.2, 0) is 21.4 Å². The molecule has 0 fully saturated rings. The number of benzene rings is 1. The molecule has 0 unspecified atom stereocenters. The van der Waals surface area contributed by atoms with Crippen LogP contribution in [-0.4, -0.2) is 37.8 Å². The molecular formula is C14H23N3O3S. The molecule has 0 saturated carbocycles. The summed E-state index contributed by atoms with van der Waals surface area (Å²) in [5.74, 6) is -0.314. The number of hydrogen-bond acceptors (Lipinski definition) is 4. The number of sulfonamides is 1. The van der Waals surface area contributed by atoms with Gasteiger partial charge in [-0.25, -0.2) is 8.42 Å². The van der Waals surface area contributed by atoms with Crippen molar-refractivity contribution in [3.63, 3.8) is 0 Å². The average molecular weight is 313 g/mol. The minimum absolute atomic E-state index is 0.0283. The first kappa shape index (κ1) is 17.6. The summed E-state index contributed by atoms with van der Waals surface area (Å²) >= 11 is 0. The molecule has 1 aromatic carbocycles. The molecule has 6 nitrogen and oxygen atoms in total. The third kappa shape index (κ3) is 4.80. The Balaban J connectivity index is 2.99. The van der Waals surface area contributed by atoms with Crippen molar-refractivity contribution in [2.45, 2.75) is 38.3 Å². The van der Waals surface area contributed by atoms with Gasteiger partial charge in [-0.05, 0) is 31.5 Å². The van der Waals surface area contributed by atoms with Crippen molar-refractivity contribution in [2.24, 2.45) is 5.73 Å². The van der Waals surface area contributed by atoms with Gasteiger partial charge < -0.3 is 11.1 Å². The maximum absolute atomic E-state index is 12.6. The molecule has 1 amide bonds. The van der Waals surface area contributed by atoms with Gasteiger partial charge in [0.15, 0.2) is 0 Å². The maximum atomic E-state index is 12.6. The predicted octanol–water partition coefficient (Wildman–Crippen LogP) is 0.681. The second kappa shape index (κ2) is 7.53. The van der Waals surface area contributed by atoms with E-state index in [1.54, 1.807) is 25.1 Å². The lowest BCUT2D eigenvalue weighted by Crippen LogP contribution is -2.42. The third-order valence-corrected chi connectivity index (χ3v) is 4.81. The summed E-state index contributed by atoms with van der Waals surface area (Å²) in [5, 5.41) is 2.69. The fourth-order valence-corrected chi connectivity index (χ4v) is 3.35. The summed E-state index contributed by atoms with van der Waals surface area (Å²) in [6, 6.07) is 6.44. The van der Waals surface area contributed by atoms with Crippen LogP contribution < -0.4 is 11.1 Å². The summed E-state index contributed by atoms with van der Waals surface area (Å²) in [5.41, 5.74) is 6.27. The SMILES string of the molecule is CCN(CC(=O)NC(C)C)S(=O)(=O)c1cccc(CN)c1. The van der Waals surface area contributed by atoms with E-state index in [4.69, 9.17) is 5.73 Å². The molecule has 118 valence electrons. The van der Waals surface area contributed by atoms with Gasteiger partial charge in [-0.2, -0.15) is 4.31 Å². The van der Waals surface area contributed by atoms with Crippen molar-refractivity contribution in [2.75, 3.05) is 13.1 Å². The Hall–Kier alpha value is -1.44. The Bertz CT molecular complexity index is 585. The van der Waals surface area contributed by atoms with E-state index in [2.05, 4.69) is 5.32 Å². The Morgan fingerprint density at radius 3 is 2.57 bits per heavy atom. The number of carbonyl (C=O) groups excluding carboxylic acids is 1. The highest BCUT2D eigenvalue weighted by atomic mass is 32.2. The zero-order chi connectivity index (χ0) is 16.0. The number of nitrogens with one attached hydrogen (secondary N) is 1. The predicted molar refractivity (Wildman–Crippen MR) is 82.0 cm³/mol. The second-order valence-corrected chi connectivity index (χ2v) is 6.94. The van der Waals surface area contributed by atoms with Crippen LogP contribution in [0, 0.1) is 0 Å². The van der Waals surface area contributed by atoms with Crippen LogP contribution in [0.1, 0.15) is 26.3 Å². The first-order valence-corrected chi connectivity index (χ1v) is 8.33. The van der Waals surface area contributed by atoms with Crippen molar-refractivity contribution in [3.8, 4) is 0 Å². The van der Waals surface area contributed by atoms with Crippen LogP contribution in [0.2, 0.25) is 0 Å². The van der Waals surface area contributed by atoms with E-state index >= 15 is 0 Å². The molecule has 0 heterocycles. The van der Waals surface area contributed by atoms with Crippen molar-refractivity contribution in [1.29, 1.82) is 0 Å². The lowest BCUT2D eigenvalue weighted by molar-refractivity contribution is -0.121. The average Bonchev–Trinajstić information content (AvgIpc) is 2.43. The van der Waals surface area contributed by atoms with Crippen LogP contribution in [0.4, 0.5) is 0 Å². The summed E-state index contributed by atoms with van der Waals surface area (Å²) in [6.45, 7) is 5.65. The van der Waals surface area contributed by atoms with Gasteiger partial charge in [-0.15, -0.1) is 0 Å². The van der Waals surface area contributed by atoms with Crippen molar-refractivity contribution in [1.82, 2.24) is 9.62 Å². The minimum Gasteiger partial charge on any atom is -0.353 e. The molecule has 3 N–H and O–H groups in total. The fourth-order valence-electron chi connectivity index (χ4n) is 1.88. The molecule has 0 saturated heterocycles. The quantitative estimate of drug-likeness (QED) is 0.774. The second-order valence-electron chi connectivity index (χ2n) is 5.00. The lowest BCUT2D eigenvalue weighted by Gasteiger charge is -2.21. The summed E-state index contributed by atoms with van der Waals surface area (Å²) < 4.78 is 26.3. The molecule has 1 aromatic rings. The molecule has 0 radical (unpaired) electrons. The van der Waals surface area contributed by atoms with E-state index < -0.39 is 10.0 Å². The summed E-state index contributed by atoms with van der Waals surface area (Å²) in [7, 11) is -3.70. The third-order valence-electron chi connectivity index (χ3n) is 2.89. The Labute approximate surface area is 126 Å². The van der Waals surface area contributed by atoms with Crippen molar-refractivity contribution < 1.29 is 13.2 Å². The zero-order valence-corrected chi connectivity index (χ0v) is 13.5. The molecule has 21 heavy (non-hydrogen) atoms. The van der Waals surface area contributed by atoms with Gasteiger partial charge in [-0.1, -0.05) is 19.1 Å². The van der Waals surface area contributed by atoms with E-state index in [0.29, 0.717) is 0 Å². The largest absolute Gasteiger partial charge is 0.353 e. The van der Waals surface area contributed by atoms with Crippen LogP contribution >= 0.6 is 0 Å². The van der Waals surface area contributed by atoms with Crippen LogP contribution in [0.25, 0.3) is 0 Å². The monoisotopic (exact) mass is 313 g/mol. The first-order chi connectivity index (χ1) is 9.81. The molecule has 7 heteroatoms. The molecule has 0 aliphatic carbocycles. The first-order valence-electron chi connectivity index (χ1n) is 6.89. The number of nitrogens with two attached hydrogens (primary N) is 1. The topological polar surface area (TPSA) is 92.5 Å². The van der Waals surface area contributed by atoms with Gasteiger partial charge in [0, 0.05) is 19.1 Å². The lowest BCUT2D eigenvalue weighted by atomic mass is 10.2. The van der Waals surface area contributed by atoms with Gasteiger partial charge in [0.05, 0.1) is 11.4 Å². The highest BCUT2D eigenvalue weighted by Gasteiger charge is 2.25. The minimum atomic E-state index is -3.70. The smallest absolute Gasteiger partial charge is 0.243 e. The van der Waals surface area contributed by atoms with Gasteiger partial charge >= 0.3 is 0 Å². The molecule has 1 rings (SSSR count). The normalized spacial score (nSPS) is 11.9. The molecule has 0 aliphatic rings. The van der Waals surface area contributed by atoms with E-state index in [-0.39, 0.29) is 36.5 Å². The van der Waals surface area contributed by atoms with E-state index in [0.717, 1.165) is 9.87 Å². The van der Waals surface area contributed by atoms with Crippen LogP contribution in [0.5, 0.6) is 0 Å². The molecule has 0 spiro atoms. The van der Waals surface area contributed by atoms with E-state index in [9.17, 15) is 13.2 Å². The number of amides is 1. The number of hydrogen-bond donors (Lipinski definition) is 2. The molecular weight excluding hydrogens is 290 g/mol. The van der Waals surface area contributed by atoms with E-state index in [1.807, 2.05) is 13.8 Å². The number of likely N-dealkylation sites (N-methyl/N-ethyl adjacent to an activating group) is 1. The summed E-state index contributed by atoms with van der Waals surface area (Å²) in [4.78, 5) is 11.9. The van der Waals surface area contributed by atoms with Gasteiger partial charge in [0.25, 0.3) is 0 Å². The maximum Gasteiger partial charge on any atom is 0.243 e. The molecule has 0 atom stereocenters. The van der Waals surface area contributed by atoms with E-state index in [1.165, 1.54) is 6.07 Å². The Kier molecular flexibility index (Phi) is 6.32. The number of nitrogens with zero attached hydrogens (tertiary/aromatic N) is 1. The molecule has 0 aromatic heterocycles. The highest BCUT2D eigenvalue weighted by molar-refractivity contribution is 7.89. The van der Waals surface area contributed by atoms with Gasteiger partial charge in [0.2, 0.25) is 15.9 Å². The molecule has 0 bridgehead atoms. The number of carbonyl (C=O) groups is 1. The Morgan fingerprint density at radius 2 is 2.05 bits per heavy atom.